The lowest BCUT2D eigenvalue weighted by molar-refractivity contribution is -0.132. The number of rotatable bonds is 6. The number of carbonyl (C=O) groups is 1. The lowest BCUT2D eigenvalue weighted by Gasteiger charge is -2.33. The monoisotopic (exact) mass is 320 g/mol. The van der Waals surface area contributed by atoms with Crippen LogP contribution in [0.1, 0.15) is 31.7 Å². The molecule has 1 amide bonds. The van der Waals surface area contributed by atoms with Gasteiger partial charge in [-0.1, -0.05) is 6.07 Å². The number of methoxy groups -OCH3 is 2. The van der Waals surface area contributed by atoms with Crippen LogP contribution < -0.4 is 15.2 Å². The van der Waals surface area contributed by atoms with Gasteiger partial charge in [0.05, 0.1) is 14.2 Å². The summed E-state index contributed by atoms with van der Waals surface area (Å²) >= 11 is 0. The fourth-order valence-electron chi connectivity index (χ4n) is 3.12. The Hall–Kier alpha value is -1.75. The molecule has 1 atom stereocenters. The zero-order valence-electron chi connectivity index (χ0n) is 14.4. The molecule has 0 aromatic heterocycles. The molecule has 1 saturated heterocycles. The fraction of sp³-hybridized carbons (Fsp3) is 0.611. The Bertz CT molecular complexity index is 523. The highest BCUT2D eigenvalue weighted by atomic mass is 16.5. The first-order valence-electron chi connectivity index (χ1n) is 8.29. The number of nitrogens with two attached hydrogens (primary N) is 1. The number of aryl methyl sites for hydroxylation is 1. The van der Waals surface area contributed by atoms with E-state index in [1.807, 2.05) is 23.1 Å². The maximum Gasteiger partial charge on any atom is 0.222 e. The number of benzene rings is 1. The van der Waals surface area contributed by atoms with E-state index in [9.17, 15) is 4.79 Å². The van der Waals surface area contributed by atoms with E-state index in [2.05, 4.69) is 6.92 Å². The molecule has 23 heavy (non-hydrogen) atoms. The highest BCUT2D eigenvalue weighted by Gasteiger charge is 2.24. The molecule has 1 aliphatic heterocycles. The van der Waals surface area contributed by atoms with Gasteiger partial charge in [0.25, 0.3) is 0 Å². The quantitative estimate of drug-likeness (QED) is 0.873. The Kier molecular flexibility index (Phi) is 6.28. The molecule has 128 valence electrons. The van der Waals surface area contributed by atoms with E-state index < -0.39 is 0 Å². The zero-order chi connectivity index (χ0) is 16.8. The van der Waals surface area contributed by atoms with Crippen LogP contribution in [0.3, 0.4) is 0 Å². The van der Waals surface area contributed by atoms with Crippen molar-refractivity contribution in [1.82, 2.24) is 4.90 Å². The predicted molar refractivity (Wildman–Crippen MR) is 90.8 cm³/mol. The normalized spacial score (nSPS) is 17.0. The van der Waals surface area contributed by atoms with E-state index in [1.165, 1.54) is 0 Å². The van der Waals surface area contributed by atoms with Gasteiger partial charge in [0, 0.05) is 25.6 Å². The average Bonchev–Trinajstić information content (AvgIpc) is 2.59. The Morgan fingerprint density at radius 2 is 1.91 bits per heavy atom. The van der Waals surface area contributed by atoms with Gasteiger partial charge in [-0.3, -0.25) is 4.79 Å². The van der Waals surface area contributed by atoms with Crippen molar-refractivity contribution >= 4 is 5.91 Å². The number of ether oxygens (including phenoxy) is 2. The Morgan fingerprint density at radius 1 is 1.26 bits per heavy atom. The molecule has 0 radical (unpaired) electrons. The smallest absolute Gasteiger partial charge is 0.222 e. The largest absolute Gasteiger partial charge is 0.493 e. The van der Waals surface area contributed by atoms with Crippen molar-refractivity contribution in [2.45, 2.75) is 38.6 Å². The van der Waals surface area contributed by atoms with Crippen molar-refractivity contribution in [2.24, 2.45) is 11.7 Å². The van der Waals surface area contributed by atoms with E-state index in [1.54, 1.807) is 14.2 Å². The van der Waals surface area contributed by atoms with Crippen LogP contribution in [0.5, 0.6) is 11.5 Å². The Balaban J connectivity index is 1.85. The highest BCUT2D eigenvalue weighted by Crippen LogP contribution is 2.28. The first-order valence-corrected chi connectivity index (χ1v) is 8.29. The minimum Gasteiger partial charge on any atom is -0.493 e. The molecule has 1 fully saturated rings. The van der Waals surface area contributed by atoms with Crippen molar-refractivity contribution in [2.75, 3.05) is 27.3 Å². The van der Waals surface area contributed by atoms with Gasteiger partial charge >= 0.3 is 0 Å². The van der Waals surface area contributed by atoms with Crippen LogP contribution in [0.25, 0.3) is 0 Å². The predicted octanol–water partition coefficient (Wildman–Crippen LogP) is 2.22. The molecule has 1 heterocycles. The molecule has 1 aromatic rings. The van der Waals surface area contributed by atoms with E-state index in [4.69, 9.17) is 15.2 Å². The minimum atomic E-state index is 0.221. The van der Waals surface area contributed by atoms with Crippen molar-refractivity contribution in [1.29, 1.82) is 0 Å². The van der Waals surface area contributed by atoms with Gasteiger partial charge in [-0.25, -0.2) is 0 Å². The molecule has 5 nitrogen and oxygen atoms in total. The molecule has 0 saturated carbocycles. The average molecular weight is 320 g/mol. The molecule has 5 heteroatoms. The number of piperidine rings is 1. The molecular weight excluding hydrogens is 292 g/mol. The number of hydrogen-bond acceptors (Lipinski definition) is 4. The summed E-state index contributed by atoms with van der Waals surface area (Å²) in [6.07, 6.45) is 3.27. The van der Waals surface area contributed by atoms with Gasteiger partial charge in [-0.2, -0.15) is 0 Å². The number of nitrogens with zero attached hydrogens (tertiary/aromatic N) is 1. The maximum atomic E-state index is 12.4. The maximum absolute atomic E-state index is 12.4. The van der Waals surface area contributed by atoms with Crippen LogP contribution in [0.4, 0.5) is 0 Å². The van der Waals surface area contributed by atoms with E-state index in [0.717, 1.165) is 31.5 Å². The van der Waals surface area contributed by atoms with Crippen molar-refractivity contribution in [3.63, 3.8) is 0 Å². The van der Waals surface area contributed by atoms with Crippen molar-refractivity contribution < 1.29 is 14.3 Å². The third-order valence-electron chi connectivity index (χ3n) is 4.71. The zero-order valence-corrected chi connectivity index (χ0v) is 14.4. The molecule has 2 N–H and O–H groups in total. The lowest BCUT2D eigenvalue weighted by Crippen LogP contribution is -2.42. The van der Waals surface area contributed by atoms with E-state index >= 15 is 0 Å². The third-order valence-corrected chi connectivity index (χ3v) is 4.71. The van der Waals surface area contributed by atoms with Gasteiger partial charge in [0.2, 0.25) is 5.91 Å². The summed E-state index contributed by atoms with van der Waals surface area (Å²) in [5.41, 5.74) is 7.03. The molecule has 0 spiro atoms. The number of likely N-dealkylation sites (tertiary alicyclic amines) is 1. The van der Waals surface area contributed by atoms with Crippen LogP contribution in [0, 0.1) is 5.92 Å². The fourth-order valence-corrected chi connectivity index (χ4v) is 3.12. The SMILES string of the molecule is COc1ccc(CCC(=O)N2CCC(C(C)N)CC2)cc1OC. The van der Waals surface area contributed by atoms with Crippen LogP contribution in [0.2, 0.25) is 0 Å². The van der Waals surface area contributed by atoms with Gasteiger partial charge in [0.15, 0.2) is 11.5 Å². The first-order chi connectivity index (χ1) is 11.0. The summed E-state index contributed by atoms with van der Waals surface area (Å²) in [6.45, 7) is 3.72. The summed E-state index contributed by atoms with van der Waals surface area (Å²) < 4.78 is 10.5. The molecule has 1 unspecified atom stereocenters. The lowest BCUT2D eigenvalue weighted by atomic mass is 9.91. The summed E-state index contributed by atoms with van der Waals surface area (Å²) in [5, 5.41) is 0. The number of carbonyl (C=O) groups excluding carboxylic acids is 1. The van der Waals surface area contributed by atoms with Crippen molar-refractivity contribution in [3.05, 3.63) is 23.8 Å². The standard InChI is InChI=1S/C18H28N2O3/c1-13(19)15-8-10-20(11-9-15)18(21)7-5-14-4-6-16(22-2)17(12-14)23-3/h4,6,12-13,15H,5,7-11,19H2,1-3H3. The molecule has 1 aromatic carbocycles. The summed E-state index contributed by atoms with van der Waals surface area (Å²) in [5.74, 6) is 2.18. The van der Waals surface area contributed by atoms with Gasteiger partial charge in [-0.15, -0.1) is 0 Å². The molecule has 0 aliphatic carbocycles. The van der Waals surface area contributed by atoms with Crippen molar-refractivity contribution in [3.8, 4) is 11.5 Å². The topological polar surface area (TPSA) is 64.8 Å². The van der Waals surface area contributed by atoms with E-state index in [0.29, 0.717) is 30.3 Å². The molecule has 1 aliphatic rings. The second-order valence-corrected chi connectivity index (χ2v) is 6.27. The van der Waals surface area contributed by atoms with Crippen LogP contribution >= 0.6 is 0 Å². The van der Waals surface area contributed by atoms with Gasteiger partial charge in [0.1, 0.15) is 0 Å². The Morgan fingerprint density at radius 3 is 2.48 bits per heavy atom. The van der Waals surface area contributed by atoms with Crippen LogP contribution in [-0.2, 0) is 11.2 Å². The summed E-state index contributed by atoms with van der Waals surface area (Å²) in [6, 6.07) is 6.03. The van der Waals surface area contributed by atoms with E-state index in [-0.39, 0.29) is 11.9 Å². The second-order valence-electron chi connectivity index (χ2n) is 6.27. The molecule has 0 bridgehead atoms. The first kappa shape index (κ1) is 17.6. The Labute approximate surface area is 138 Å². The van der Waals surface area contributed by atoms with Crippen LogP contribution in [0.15, 0.2) is 18.2 Å². The number of hydrogen-bond donors (Lipinski definition) is 1. The van der Waals surface area contributed by atoms with Gasteiger partial charge < -0.3 is 20.1 Å². The molecular formula is C18H28N2O3. The summed E-state index contributed by atoms with van der Waals surface area (Å²) in [7, 11) is 3.24. The van der Waals surface area contributed by atoms with Gasteiger partial charge in [-0.05, 0) is 49.8 Å². The highest BCUT2D eigenvalue weighted by molar-refractivity contribution is 5.76. The number of amides is 1. The van der Waals surface area contributed by atoms with Crippen LogP contribution in [-0.4, -0.2) is 44.2 Å². The summed E-state index contributed by atoms with van der Waals surface area (Å²) in [4.78, 5) is 14.3. The third kappa shape index (κ3) is 4.61. The minimum absolute atomic E-state index is 0.221. The molecule has 2 rings (SSSR count). The second kappa shape index (κ2) is 8.20.